The fourth-order valence-corrected chi connectivity index (χ4v) is 0. The molecule has 0 aliphatic carbocycles. The molecule has 0 aromatic rings. The van der Waals surface area contributed by atoms with Crippen molar-refractivity contribution in [1.29, 1.82) is 0 Å². The van der Waals surface area contributed by atoms with Gasteiger partial charge < -0.3 is 0 Å². The molecule has 0 rings (SSSR count). The standard InChI is InChI=1S/Al.Mg.O.H3Si.Y.3H/h;;;1H3;;;;. The molecule has 0 aliphatic rings. The van der Waals surface area contributed by atoms with Crippen molar-refractivity contribution in [3.8, 4) is 0 Å². The van der Waals surface area contributed by atoms with Crippen LogP contribution in [0.25, 0.3) is 0 Å². The van der Waals surface area contributed by atoms with E-state index in [1.165, 1.54) is 36.2 Å². The van der Waals surface area contributed by atoms with E-state index in [0.717, 1.165) is 0 Å². The minimum atomic E-state index is 0. The summed E-state index contributed by atoms with van der Waals surface area (Å²) in [5.74, 6) is 0. The Bertz CT molecular complexity index is 11.6. The molecule has 5 heteroatoms. The first kappa shape index (κ1) is 15.7. The third-order valence-corrected chi connectivity index (χ3v) is 0. The molecule has 0 atom stereocenters. The van der Waals surface area contributed by atoms with Crippen molar-refractivity contribution in [2.24, 2.45) is 0 Å². The van der Waals surface area contributed by atoms with Crippen LogP contribution in [-0.4, -0.2) is 45.5 Å². The summed E-state index contributed by atoms with van der Waals surface area (Å²) in [6.45, 7) is 0. The fraction of sp³-hybridized carbons (Fsp3) is 0. The second kappa shape index (κ2) is 32.2. The van der Waals surface area contributed by atoms with Gasteiger partial charge in [0.2, 0.25) is 0 Å². The van der Waals surface area contributed by atoms with Gasteiger partial charge in [0.05, 0.1) is 0 Å². The summed E-state index contributed by atoms with van der Waals surface area (Å²) < 4.78 is 8.28. The van der Waals surface area contributed by atoms with Crippen molar-refractivity contribution >= 4 is 45.5 Å². The summed E-state index contributed by atoms with van der Waals surface area (Å²) in [7, 11) is 0. The Balaban J connectivity index is -0.0000000133. The van der Waals surface area contributed by atoms with Gasteiger partial charge in [0, 0.05) is 0 Å². The topological polar surface area (TPSA) is 17.1 Å². The van der Waals surface area contributed by atoms with E-state index in [-0.39, 0.29) is 23.1 Å². The van der Waals surface area contributed by atoms with Crippen molar-refractivity contribution in [2.45, 2.75) is 0 Å². The summed E-state index contributed by atoms with van der Waals surface area (Å²) in [4.78, 5) is 0. The van der Waals surface area contributed by atoms with E-state index in [0.29, 0.717) is 16.2 Å². The van der Waals surface area contributed by atoms with Gasteiger partial charge in [-0.25, -0.2) is 0 Å². The molecule has 0 amide bonds. The molecule has 0 bridgehead atoms. The molecule has 0 radical (unpaired) electrons. The van der Waals surface area contributed by atoms with Gasteiger partial charge in [-0.2, -0.15) is 0 Å². The SMILES string of the molecule is [MgH2].[O]=[AlH].[SiH3][Y]. The van der Waals surface area contributed by atoms with Crippen LogP contribution in [0, 0.1) is 0 Å². The van der Waals surface area contributed by atoms with Gasteiger partial charge >= 0.3 is 79.3 Å². The average Bonchev–Trinajstić information content (AvgIpc) is 1.50. The zero-order valence-electron chi connectivity index (χ0n) is 2.69. The first-order valence-corrected chi connectivity index (χ1v) is 11.1. The van der Waals surface area contributed by atoms with Crippen LogP contribution in [0.4, 0.5) is 0 Å². The first-order valence-electron chi connectivity index (χ1n) is 0.866. The Morgan fingerprint density at radius 2 is 1.40 bits per heavy atom. The molecule has 0 fully saturated rings. The Kier molecular flexibility index (Phi) is 101. The van der Waals surface area contributed by atoms with Crippen LogP contribution in [-0.2, 0) is 33.8 Å². The summed E-state index contributed by atoms with van der Waals surface area (Å²) in [5, 5.41) is 0. The van der Waals surface area contributed by atoms with Gasteiger partial charge in [-0.3, -0.25) is 0 Å². The van der Waals surface area contributed by atoms with Crippen LogP contribution in [0.5, 0.6) is 0 Å². The van der Waals surface area contributed by atoms with Crippen LogP contribution in [0.15, 0.2) is 0 Å². The quantitative estimate of drug-likeness (QED) is 0.375. The van der Waals surface area contributed by atoms with E-state index in [9.17, 15) is 0 Å². The Morgan fingerprint density at radius 1 is 1.40 bits per heavy atom. The van der Waals surface area contributed by atoms with Crippen molar-refractivity contribution in [1.82, 2.24) is 0 Å². The average molecular weight is 190 g/mol. The molecule has 0 spiro atoms. The van der Waals surface area contributed by atoms with Gasteiger partial charge in [-0.1, -0.05) is 0 Å². The third-order valence-electron chi connectivity index (χ3n) is 0. The van der Waals surface area contributed by atoms with Gasteiger partial charge in [0.25, 0.3) is 0 Å². The third kappa shape index (κ3) is 21.4. The molecule has 0 saturated heterocycles. The summed E-state index contributed by atoms with van der Waals surface area (Å²) >= 11 is 2.10. The zero-order valence-corrected chi connectivity index (χ0v) is 8.95. The second-order valence-corrected chi connectivity index (χ2v) is 0. The zero-order chi connectivity index (χ0) is 4.00. The summed E-state index contributed by atoms with van der Waals surface area (Å²) in [6, 6.07) is 0. The molecule has 0 saturated carbocycles. The maximum atomic E-state index is 8.28. The first-order chi connectivity index (χ1) is 2.00. The molecule has 0 aromatic carbocycles. The van der Waals surface area contributed by atoms with E-state index < -0.39 is 0 Å². The van der Waals surface area contributed by atoms with E-state index in [1.54, 1.807) is 0 Å². The van der Waals surface area contributed by atoms with Gasteiger partial charge in [0.15, 0.2) is 0 Å². The Morgan fingerprint density at radius 3 is 1.40 bits per heavy atom. The van der Waals surface area contributed by atoms with Gasteiger partial charge in [-0.15, -0.1) is 0 Å². The molecule has 0 aromatic heterocycles. The number of hydrogen-bond acceptors (Lipinski definition) is 1. The monoisotopic (exact) mass is 190 g/mol. The van der Waals surface area contributed by atoms with Crippen molar-refractivity contribution in [3.63, 3.8) is 0 Å². The summed E-state index contributed by atoms with van der Waals surface area (Å²) in [6.07, 6.45) is 1.44. The molecule has 24 valence electrons. The normalized spacial score (nSPS) is 2.00. The molecular formula is H6AlMgOSiY. The maximum absolute atomic E-state index is 8.28. The van der Waals surface area contributed by atoms with Crippen LogP contribution < -0.4 is 0 Å². The van der Waals surface area contributed by atoms with E-state index in [1.807, 2.05) is 0 Å². The van der Waals surface area contributed by atoms with Gasteiger partial charge in [0.1, 0.15) is 0 Å². The van der Waals surface area contributed by atoms with Crippen LogP contribution in [0.1, 0.15) is 0 Å². The molecule has 5 heavy (non-hydrogen) atoms. The van der Waals surface area contributed by atoms with E-state index in [4.69, 9.17) is 3.80 Å². The molecular weight excluding hydrogens is 184 g/mol. The number of hydrogen-bond donors (Lipinski definition) is 0. The Labute approximate surface area is 77.9 Å². The predicted molar refractivity (Wildman–Crippen MR) is 26.3 cm³/mol. The van der Waals surface area contributed by atoms with E-state index in [2.05, 4.69) is 0 Å². The summed E-state index contributed by atoms with van der Waals surface area (Å²) in [5.41, 5.74) is 0. The van der Waals surface area contributed by atoms with Crippen LogP contribution in [0.2, 0.25) is 0 Å². The van der Waals surface area contributed by atoms with Crippen molar-refractivity contribution < 1.29 is 33.8 Å². The molecule has 0 heterocycles. The molecule has 1 nitrogen and oxygen atoms in total. The fourth-order valence-electron chi connectivity index (χ4n) is 0. The van der Waals surface area contributed by atoms with Gasteiger partial charge in [-0.05, 0) is 0 Å². The molecule has 0 aliphatic heterocycles. The minimum absolute atomic E-state index is 0. The molecule has 0 N–H and O–H groups in total. The van der Waals surface area contributed by atoms with Crippen molar-refractivity contribution in [2.75, 3.05) is 0 Å². The van der Waals surface area contributed by atoms with Crippen LogP contribution >= 0.6 is 0 Å². The Hall–Kier alpha value is 2.42. The molecule has 0 unspecified atom stereocenters. The second-order valence-electron chi connectivity index (χ2n) is 0. The van der Waals surface area contributed by atoms with Crippen LogP contribution in [0.3, 0.4) is 0 Å². The number of rotatable bonds is 0. The van der Waals surface area contributed by atoms with E-state index >= 15 is 0 Å². The predicted octanol–water partition coefficient (Wildman–Crippen LogP) is -2.87. The van der Waals surface area contributed by atoms with Crippen molar-refractivity contribution in [3.05, 3.63) is 0 Å².